The lowest BCUT2D eigenvalue weighted by Crippen LogP contribution is -2.40. The number of nitrogens with two attached hydrogens (primary N) is 1. The quantitative estimate of drug-likeness (QED) is 0.879. The molecule has 1 aliphatic rings. The van der Waals surface area contributed by atoms with Crippen LogP contribution in [0.4, 0.5) is 0 Å². The topological polar surface area (TPSA) is 77.5 Å². The van der Waals surface area contributed by atoms with Gasteiger partial charge in [0.05, 0.1) is 12.7 Å². The molecule has 0 aliphatic carbocycles. The molecule has 2 rings (SSSR count). The Morgan fingerprint density at radius 1 is 1.48 bits per heavy atom. The third-order valence-electron chi connectivity index (χ3n) is 3.11. The second-order valence-electron chi connectivity index (χ2n) is 5.30. The first-order valence-electron chi connectivity index (χ1n) is 6.91. The van der Waals surface area contributed by atoms with Crippen molar-refractivity contribution in [2.45, 2.75) is 38.0 Å². The van der Waals surface area contributed by atoms with E-state index in [1.165, 1.54) is 0 Å². The number of halogens is 1. The third kappa shape index (κ3) is 4.60. The minimum atomic E-state index is -1.03. The average Bonchev–Trinajstić information content (AvgIpc) is 2.49. The van der Waals surface area contributed by atoms with Crippen molar-refractivity contribution in [1.29, 1.82) is 5.26 Å². The van der Waals surface area contributed by atoms with Gasteiger partial charge in [0.25, 0.3) is 0 Å². The molecular formula is C15H19BrN2O3. The van der Waals surface area contributed by atoms with Gasteiger partial charge in [0.15, 0.2) is 6.29 Å². The van der Waals surface area contributed by atoms with Crippen molar-refractivity contribution in [3.63, 3.8) is 0 Å². The van der Waals surface area contributed by atoms with Gasteiger partial charge >= 0.3 is 0 Å². The van der Waals surface area contributed by atoms with Gasteiger partial charge < -0.3 is 19.9 Å². The molecule has 114 valence electrons. The summed E-state index contributed by atoms with van der Waals surface area (Å²) >= 11 is 3.47. The Labute approximate surface area is 133 Å². The molecule has 2 N–H and O–H groups in total. The first-order chi connectivity index (χ1) is 10.0. The molecule has 6 heteroatoms. The standard InChI is InChI=1S/C15H19BrN2O3/c1-15(18,9-17)10-20-11-5-4-6-12(14(11)16)21-13-7-2-3-8-19-13/h4-6,13H,2-3,7-8,10,18H2,1H3. The summed E-state index contributed by atoms with van der Waals surface area (Å²) < 4.78 is 17.7. The average molecular weight is 355 g/mol. The first-order valence-corrected chi connectivity index (χ1v) is 7.71. The molecule has 21 heavy (non-hydrogen) atoms. The number of rotatable bonds is 5. The molecule has 2 unspecified atom stereocenters. The highest BCUT2D eigenvalue weighted by Gasteiger charge is 2.21. The molecule has 1 aromatic rings. The summed E-state index contributed by atoms with van der Waals surface area (Å²) in [7, 11) is 0. The summed E-state index contributed by atoms with van der Waals surface area (Å²) in [6.07, 6.45) is 2.84. The van der Waals surface area contributed by atoms with Gasteiger partial charge in [-0.1, -0.05) is 6.07 Å². The van der Waals surface area contributed by atoms with Crippen molar-refractivity contribution < 1.29 is 14.2 Å². The fraction of sp³-hybridized carbons (Fsp3) is 0.533. The molecule has 1 saturated heterocycles. The van der Waals surface area contributed by atoms with Crippen molar-refractivity contribution in [2.24, 2.45) is 5.73 Å². The van der Waals surface area contributed by atoms with Crippen LogP contribution in [0.3, 0.4) is 0 Å². The van der Waals surface area contributed by atoms with Gasteiger partial charge in [0, 0.05) is 6.42 Å². The van der Waals surface area contributed by atoms with Crippen LogP contribution in [0.1, 0.15) is 26.2 Å². The van der Waals surface area contributed by atoms with Gasteiger partial charge in [0.2, 0.25) is 0 Å². The van der Waals surface area contributed by atoms with Crippen LogP contribution >= 0.6 is 15.9 Å². The number of ether oxygens (including phenoxy) is 3. The van der Waals surface area contributed by atoms with Gasteiger partial charge in [-0.05, 0) is 47.8 Å². The Morgan fingerprint density at radius 2 is 2.24 bits per heavy atom. The first kappa shape index (κ1) is 16.1. The minimum absolute atomic E-state index is 0.103. The third-order valence-corrected chi connectivity index (χ3v) is 3.89. The summed E-state index contributed by atoms with van der Waals surface area (Å²) in [4.78, 5) is 0. The highest BCUT2D eigenvalue weighted by molar-refractivity contribution is 9.10. The van der Waals surface area contributed by atoms with Crippen molar-refractivity contribution in [1.82, 2.24) is 0 Å². The Morgan fingerprint density at radius 3 is 2.90 bits per heavy atom. The smallest absolute Gasteiger partial charge is 0.199 e. The normalized spacial score (nSPS) is 21.1. The molecule has 0 saturated carbocycles. The van der Waals surface area contributed by atoms with E-state index in [1.807, 2.05) is 18.2 Å². The summed E-state index contributed by atoms with van der Waals surface area (Å²) in [5.74, 6) is 1.25. The van der Waals surface area contributed by atoms with E-state index >= 15 is 0 Å². The van der Waals surface area contributed by atoms with Crippen molar-refractivity contribution >= 4 is 15.9 Å². The van der Waals surface area contributed by atoms with Gasteiger partial charge in [-0.2, -0.15) is 5.26 Å². The molecule has 2 atom stereocenters. The molecule has 5 nitrogen and oxygen atoms in total. The Hall–Kier alpha value is -1.29. The van der Waals surface area contributed by atoms with E-state index in [1.54, 1.807) is 13.0 Å². The van der Waals surface area contributed by atoms with Crippen molar-refractivity contribution in [3.8, 4) is 17.6 Å². The maximum absolute atomic E-state index is 8.90. The molecule has 0 bridgehead atoms. The van der Waals surface area contributed by atoms with Gasteiger partial charge in [0.1, 0.15) is 28.1 Å². The molecule has 1 heterocycles. The lowest BCUT2D eigenvalue weighted by atomic mass is 10.1. The summed E-state index contributed by atoms with van der Waals surface area (Å²) in [6.45, 7) is 2.45. The Balaban J connectivity index is 2.03. The lowest BCUT2D eigenvalue weighted by Gasteiger charge is -2.24. The summed E-state index contributed by atoms with van der Waals surface area (Å²) in [5, 5.41) is 8.90. The van der Waals surface area contributed by atoms with Crippen molar-refractivity contribution in [3.05, 3.63) is 22.7 Å². The van der Waals surface area contributed by atoms with Crippen LogP contribution in [-0.2, 0) is 4.74 Å². The SMILES string of the molecule is CC(N)(C#N)COc1cccc(OC2CCCCO2)c1Br. The molecule has 1 aromatic carbocycles. The number of nitriles is 1. The largest absolute Gasteiger partial charge is 0.489 e. The van der Waals surface area contributed by atoms with Gasteiger partial charge in [-0.15, -0.1) is 0 Å². The van der Waals surface area contributed by atoms with Crippen LogP contribution in [0.25, 0.3) is 0 Å². The molecule has 0 spiro atoms. The number of benzene rings is 1. The zero-order chi connectivity index (χ0) is 15.3. The second kappa shape index (κ2) is 7.12. The maximum atomic E-state index is 8.90. The predicted octanol–water partition coefficient (Wildman–Crippen LogP) is 2.97. The van der Waals surface area contributed by atoms with Crippen LogP contribution in [-0.4, -0.2) is 25.0 Å². The van der Waals surface area contributed by atoms with Crippen LogP contribution in [0.5, 0.6) is 11.5 Å². The van der Waals surface area contributed by atoms with E-state index in [0.717, 1.165) is 25.9 Å². The molecule has 1 fully saturated rings. The van der Waals surface area contributed by atoms with Crippen LogP contribution in [0, 0.1) is 11.3 Å². The fourth-order valence-electron chi connectivity index (χ4n) is 1.90. The Kier molecular flexibility index (Phi) is 5.45. The van der Waals surface area contributed by atoms with E-state index in [9.17, 15) is 0 Å². The number of nitrogens with zero attached hydrogens (tertiary/aromatic N) is 1. The molecule has 0 amide bonds. The summed E-state index contributed by atoms with van der Waals surface area (Å²) in [5.41, 5.74) is 4.72. The van der Waals surface area contributed by atoms with E-state index < -0.39 is 5.54 Å². The van der Waals surface area contributed by atoms with Gasteiger partial charge in [-0.3, -0.25) is 0 Å². The number of hydrogen-bond acceptors (Lipinski definition) is 5. The zero-order valence-electron chi connectivity index (χ0n) is 12.0. The van der Waals surface area contributed by atoms with Crippen LogP contribution in [0.15, 0.2) is 22.7 Å². The minimum Gasteiger partial charge on any atom is -0.489 e. The summed E-state index contributed by atoms with van der Waals surface area (Å²) in [6, 6.07) is 7.48. The molecular weight excluding hydrogens is 336 g/mol. The maximum Gasteiger partial charge on any atom is 0.199 e. The highest BCUT2D eigenvalue weighted by Crippen LogP contribution is 2.35. The predicted molar refractivity (Wildman–Crippen MR) is 82.1 cm³/mol. The van der Waals surface area contributed by atoms with Gasteiger partial charge in [-0.25, -0.2) is 0 Å². The monoisotopic (exact) mass is 354 g/mol. The lowest BCUT2D eigenvalue weighted by molar-refractivity contribution is -0.106. The molecule has 0 aromatic heterocycles. The Bertz CT molecular complexity index is 522. The van der Waals surface area contributed by atoms with E-state index in [2.05, 4.69) is 15.9 Å². The fourth-order valence-corrected chi connectivity index (χ4v) is 2.37. The zero-order valence-corrected chi connectivity index (χ0v) is 13.6. The molecule has 0 radical (unpaired) electrons. The second-order valence-corrected chi connectivity index (χ2v) is 6.09. The highest BCUT2D eigenvalue weighted by atomic mass is 79.9. The number of hydrogen-bond donors (Lipinski definition) is 1. The van der Waals surface area contributed by atoms with Crippen LogP contribution in [0.2, 0.25) is 0 Å². The van der Waals surface area contributed by atoms with E-state index in [0.29, 0.717) is 16.0 Å². The van der Waals surface area contributed by atoms with E-state index in [4.69, 9.17) is 25.2 Å². The van der Waals surface area contributed by atoms with E-state index in [-0.39, 0.29) is 12.9 Å². The molecule has 1 aliphatic heterocycles. The van der Waals surface area contributed by atoms with Crippen molar-refractivity contribution in [2.75, 3.05) is 13.2 Å². The van der Waals surface area contributed by atoms with Crippen LogP contribution < -0.4 is 15.2 Å².